The molecular formula is C15H14N6. The van der Waals surface area contributed by atoms with Crippen LogP contribution in [-0.2, 0) is 0 Å². The third-order valence-electron chi connectivity index (χ3n) is 3.39. The topological polar surface area (TPSA) is 78.9 Å². The number of nitrogens with one attached hydrogen (secondary N) is 1. The maximum Gasteiger partial charge on any atom is 0.203 e. The monoisotopic (exact) mass is 278 g/mol. The quantitative estimate of drug-likeness (QED) is 0.796. The standard InChI is InChI=1S/C15H14N6/c1-10(13-5-3-12(9-16)4-6-13)18-14-15-20-19-11(2)21(15)8-7-17-14/h3-8,10H,1-2H3,(H,17,18). The summed E-state index contributed by atoms with van der Waals surface area (Å²) >= 11 is 0. The van der Waals surface area contributed by atoms with Crippen LogP contribution in [0.25, 0.3) is 5.65 Å². The highest BCUT2D eigenvalue weighted by atomic mass is 15.3. The number of aromatic nitrogens is 4. The van der Waals surface area contributed by atoms with E-state index in [1.807, 2.05) is 48.7 Å². The van der Waals surface area contributed by atoms with Gasteiger partial charge in [0.15, 0.2) is 5.82 Å². The zero-order valence-corrected chi connectivity index (χ0v) is 11.8. The molecule has 3 rings (SSSR count). The lowest BCUT2D eigenvalue weighted by Crippen LogP contribution is -2.09. The fourth-order valence-electron chi connectivity index (χ4n) is 2.18. The fourth-order valence-corrected chi connectivity index (χ4v) is 2.18. The van der Waals surface area contributed by atoms with Gasteiger partial charge in [-0.05, 0) is 31.5 Å². The van der Waals surface area contributed by atoms with Crippen LogP contribution in [0.15, 0.2) is 36.7 Å². The molecule has 0 amide bonds. The average Bonchev–Trinajstić information content (AvgIpc) is 2.90. The van der Waals surface area contributed by atoms with Crippen LogP contribution in [0.2, 0.25) is 0 Å². The predicted molar refractivity (Wildman–Crippen MR) is 78.7 cm³/mol. The number of fused-ring (bicyclic) bond motifs is 1. The van der Waals surface area contributed by atoms with Crippen LogP contribution in [-0.4, -0.2) is 19.6 Å². The Kier molecular flexibility index (Phi) is 3.24. The molecule has 0 radical (unpaired) electrons. The summed E-state index contributed by atoms with van der Waals surface area (Å²) in [5.74, 6) is 1.51. The Hall–Kier alpha value is -2.94. The van der Waals surface area contributed by atoms with Crippen molar-refractivity contribution in [3.63, 3.8) is 0 Å². The van der Waals surface area contributed by atoms with Crippen molar-refractivity contribution in [1.29, 1.82) is 5.26 Å². The SMILES string of the molecule is Cc1nnc2c(NC(C)c3ccc(C#N)cc3)nccn12. The summed E-state index contributed by atoms with van der Waals surface area (Å²) in [4.78, 5) is 4.33. The molecule has 0 fully saturated rings. The van der Waals surface area contributed by atoms with Gasteiger partial charge in [-0.3, -0.25) is 4.40 Å². The average molecular weight is 278 g/mol. The first-order chi connectivity index (χ1) is 10.2. The zero-order valence-electron chi connectivity index (χ0n) is 11.8. The molecule has 0 saturated carbocycles. The van der Waals surface area contributed by atoms with Crippen LogP contribution in [0.1, 0.15) is 29.9 Å². The molecule has 1 atom stereocenters. The molecule has 1 unspecified atom stereocenters. The largest absolute Gasteiger partial charge is 0.360 e. The number of hydrogen-bond acceptors (Lipinski definition) is 5. The Labute approximate surface area is 122 Å². The number of aryl methyl sites for hydroxylation is 1. The Morgan fingerprint density at radius 1 is 1.24 bits per heavy atom. The van der Waals surface area contributed by atoms with Gasteiger partial charge in [0.2, 0.25) is 5.65 Å². The molecule has 104 valence electrons. The van der Waals surface area contributed by atoms with Crippen LogP contribution in [0.5, 0.6) is 0 Å². The molecule has 21 heavy (non-hydrogen) atoms. The lowest BCUT2D eigenvalue weighted by Gasteiger charge is -2.15. The maximum absolute atomic E-state index is 8.83. The van der Waals surface area contributed by atoms with Crippen molar-refractivity contribution in [2.24, 2.45) is 0 Å². The van der Waals surface area contributed by atoms with E-state index in [0.717, 1.165) is 11.4 Å². The summed E-state index contributed by atoms with van der Waals surface area (Å²) in [6.07, 6.45) is 3.55. The van der Waals surface area contributed by atoms with Crippen molar-refractivity contribution >= 4 is 11.5 Å². The third-order valence-corrected chi connectivity index (χ3v) is 3.39. The second-order valence-corrected chi connectivity index (χ2v) is 4.82. The summed E-state index contributed by atoms with van der Waals surface area (Å²) in [6.45, 7) is 3.93. The highest BCUT2D eigenvalue weighted by Gasteiger charge is 2.11. The van der Waals surface area contributed by atoms with Crippen molar-refractivity contribution in [3.05, 3.63) is 53.6 Å². The van der Waals surface area contributed by atoms with E-state index in [4.69, 9.17) is 5.26 Å². The Balaban J connectivity index is 1.89. The van der Waals surface area contributed by atoms with Crippen LogP contribution in [0.3, 0.4) is 0 Å². The van der Waals surface area contributed by atoms with E-state index in [1.165, 1.54) is 0 Å². The first kappa shape index (κ1) is 13.1. The highest BCUT2D eigenvalue weighted by Crippen LogP contribution is 2.20. The van der Waals surface area contributed by atoms with Gasteiger partial charge in [0.1, 0.15) is 5.82 Å². The normalized spacial score (nSPS) is 12.0. The van der Waals surface area contributed by atoms with Gasteiger partial charge in [0.05, 0.1) is 17.7 Å². The molecule has 1 N–H and O–H groups in total. The van der Waals surface area contributed by atoms with Gasteiger partial charge in [0, 0.05) is 12.4 Å². The molecule has 3 aromatic rings. The van der Waals surface area contributed by atoms with Crippen molar-refractivity contribution < 1.29 is 0 Å². The van der Waals surface area contributed by atoms with Crippen LogP contribution in [0, 0.1) is 18.3 Å². The first-order valence-corrected chi connectivity index (χ1v) is 6.62. The smallest absolute Gasteiger partial charge is 0.203 e. The molecule has 1 aromatic carbocycles. The molecule has 0 aliphatic heterocycles. The summed E-state index contributed by atoms with van der Waals surface area (Å²) in [5.41, 5.74) is 2.43. The van der Waals surface area contributed by atoms with E-state index in [1.54, 1.807) is 6.20 Å². The minimum absolute atomic E-state index is 0.0495. The lowest BCUT2D eigenvalue weighted by molar-refractivity contribution is 0.871. The Morgan fingerprint density at radius 2 is 2.00 bits per heavy atom. The molecule has 6 heteroatoms. The molecular weight excluding hydrogens is 264 g/mol. The number of benzene rings is 1. The molecule has 0 saturated heterocycles. The molecule has 0 aliphatic carbocycles. The molecule has 2 aromatic heterocycles. The minimum atomic E-state index is 0.0495. The fraction of sp³-hybridized carbons (Fsp3) is 0.200. The molecule has 0 aliphatic rings. The number of hydrogen-bond donors (Lipinski definition) is 1. The van der Waals surface area contributed by atoms with Gasteiger partial charge >= 0.3 is 0 Å². The Bertz CT molecular complexity index is 812. The van der Waals surface area contributed by atoms with Gasteiger partial charge < -0.3 is 5.32 Å². The summed E-state index contributed by atoms with van der Waals surface area (Å²) in [7, 11) is 0. The molecule has 0 bridgehead atoms. The minimum Gasteiger partial charge on any atom is -0.360 e. The van der Waals surface area contributed by atoms with Crippen molar-refractivity contribution in [2.45, 2.75) is 19.9 Å². The van der Waals surface area contributed by atoms with Crippen molar-refractivity contribution in [2.75, 3.05) is 5.32 Å². The first-order valence-electron chi connectivity index (χ1n) is 6.62. The van der Waals surface area contributed by atoms with Crippen molar-refractivity contribution in [3.8, 4) is 6.07 Å². The second-order valence-electron chi connectivity index (χ2n) is 4.82. The lowest BCUT2D eigenvalue weighted by atomic mass is 10.1. The molecule has 6 nitrogen and oxygen atoms in total. The van der Waals surface area contributed by atoms with E-state index in [-0.39, 0.29) is 6.04 Å². The number of nitrogens with zero attached hydrogens (tertiary/aromatic N) is 5. The van der Waals surface area contributed by atoms with Gasteiger partial charge in [-0.2, -0.15) is 5.26 Å². The van der Waals surface area contributed by atoms with E-state index in [2.05, 4.69) is 26.6 Å². The Morgan fingerprint density at radius 3 is 2.71 bits per heavy atom. The maximum atomic E-state index is 8.83. The van der Waals surface area contributed by atoms with Crippen molar-refractivity contribution in [1.82, 2.24) is 19.6 Å². The van der Waals surface area contributed by atoms with Crippen LogP contribution >= 0.6 is 0 Å². The molecule has 0 spiro atoms. The van der Waals surface area contributed by atoms with Gasteiger partial charge in [-0.1, -0.05) is 12.1 Å². The number of anilines is 1. The highest BCUT2D eigenvalue weighted by molar-refractivity contribution is 5.62. The second kappa shape index (κ2) is 5.21. The number of rotatable bonds is 3. The van der Waals surface area contributed by atoms with E-state index in [9.17, 15) is 0 Å². The number of nitriles is 1. The van der Waals surface area contributed by atoms with Gasteiger partial charge in [-0.25, -0.2) is 4.98 Å². The summed E-state index contributed by atoms with van der Waals surface area (Å²) in [6, 6.07) is 9.65. The van der Waals surface area contributed by atoms with E-state index < -0.39 is 0 Å². The van der Waals surface area contributed by atoms with E-state index in [0.29, 0.717) is 17.0 Å². The zero-order chi connectivity index (χ0) is 14.8. The molecule has 2 heterocycles. The summed E-state index contributed by atoms with van der Waals surface area (Å²) in [5, 5.41) is 20.4. The summed E-state index contributed by atoms with van der Waals surface area (Å²) < 4.78 is 1.89. The third kappa shape index (κ3) is 2.41. The van der Waals surface area contributed by atoms with Crippen LogP contribution < -0.4 is 5.32 Å². The predicted octanol–water partition coefficient (Wildman–Crippen LogP) is 2.48. The van der Waals surface area contributed by atoms with Crippen LogP contribution in [0.4, 0.5) is 5.82 Å². The van der Waals surface area contributed by atoms with E-state index >= 15 is 0 Å². The van der Waals surface area contributed by atoms with Gasteiger partial charge in [-0.15, -0.1) is 10.2 Å². The van der Waals surface area contributed by atoms with Gasteiger partial charge in [0.25, 0.3) is 0 Å².